The summed E-state index contributed by atoms with van der Waals surface area (Å²) in [5, 5.41) is 5.50. The van der Waals surface area contributed by atoms with E-state index in [1.807, 2.05) is 13.8 Å². The second-order valence-corrected chi connectivity index (χ2v) is 5.45. The standard InChI is InChI=1S/C16H15ClF2N2O/c1-9(2)20-14-7-6-10(18)8-11(14)16(22)21-15-12(17)4-3-5-13(15)19/h3-9,20H,1-2H3,(H,21,22). The van der Waals surface area contributed by atoms with Crippen LogP contribution in [0.2, 0.25) is 5.02 Å². The molecule has 0 unspecified atom stereocenters. The van der Waals surface area contributed by atoms with Crippen molar-refractivity contribution >= 4 is 28.9 Å². The highest BCUT2D eigenvalue weighted by molar-refractivity contribution is 6.34. The number of para-hydroxylation sites is 1. The first-order chi connectivity index (χ1) is 10.4. The number of rotatable bonds is 4. The molecule has 0 heterocycles. The van der Waals surface area contributed by atoms with Crippen molar-refractivity contribution in [3.63, 3.8) is 0 Å². The molecular weight excluding hydrogens is 310 g/mol. The number of hydrogen-bond donors (Lipinski definition) is 2. The van der Waals surface area contributed by atoms with E-state index in [-0.39, 0.29) is 22.3 Å². The van der Waals surface area contributed by atoms with E-state index in [0.717, 1.165) is 6.07 Å². The van der Waals surface area contributed by atoms with Crippen LogP contribution < -0.4 is 10.6 Å². The van der Waals surface area contributed by atoms with Gasteiger partial charge in [0.1, 0.15) is 11.6 Å². The predicted octanol–water partition coefficient (Wildman–Crippen LogP) is 4.69. The van der Waals surface area contributed by atoms with Gasteiger partial charge in [-0.3, -0.25) is 4.79 Å². The van der Waals surface area contributed by atoms with Gasteiger partial charge in [0.05, 0.1) is 16.3 Å². The van der Waals surface area contributed by atoms with Gasteiger partial charge in [-0.15, -0.1) is 0 Å². The summed E-state index contributed by atoms with van der Waals surface area (Å²) >= 11 is 5.87. The smallest absolute Gasteiger partial charge is 0.257 e. The minimum atomic E-state index is -0.657. The molecule has 2 rings (SSSR count). The lowest BCUT2D eigenvalue weighted by atomic mass is 10.1. The lowest BCUT2D eigenvalue weighted by Crippen LogP contribution is -2.18. The van der Waals surface area contributed by atoms with Crippen molar-refractivity contribution in [2.75, 3.05) is 10.6 Å². The molecule has 22 heavy (non-hydrogen) atoms. The Morgan fingerprint density at radius 3 is 2.55 bits per heavy atom. The molecule has 6 heteroatoms. The van der Waals surface area contributed by atoms with Gasteiger partial charge in [0.2, 0.25) is 0 Å². The van der Waals surface area contributed by atoms with Gasteiger partial charge in [-0.1, -0.05) is 17.7 Å². The molecule has 2 aromatic carbocycles. The third-order valence-electron chi connectivity index (χ3n) is 2.87. The summed E-state index contributed by atoms with van der Waals surface area (Å²) in [6, 6.07) is 7.93. The van der Waals surface area contributed by atoms with Crippen LogP contribution in [0.3, 0.4) is 0 Å². The third kappa shape index (κ3) is 3.74. The normalized spacial score (nSPS) is 10.6. The van der Waals surface area contributed by atoms with Crippen LogP contribution in [0.25, 0.3) is 0 Å². The molecule has 0 spiro atoms. The summed E-state index contributed by atoms with van der Waals surface area (Å²) in [6.07, 6.45) is 0. The molecule has 0 aliphatic rings. The number of anilines is 2. The maximum absolute atomic E-state index is 13.7. The number of amides is 1. The summed E-state index contributed by atoms with van der Waals surface area (Å²) < 4.78 is 27.2. The fraction of sp³-hybridized carbons (Fsp3) is 0.188. The molecule has 116 valence electrons. The van der Waals surface area contributed by atoms with Crippen LogP contribution in [0.15, 0.2) is 36.4 Å². The van der Waals surface area contributed by atoms with Crippen molar-refractivity contribution < 1.29 is 13.6 Å². The summed E-state index contributed by atoms with van der Waals surface area (Å²) in [5.74, 6) is -1.86. The van der Waals surface area contributed by atoms with Crippen LogP contribution in [0, 0.1) is 11.6 Å². The lowest BCUT2D eigenvalue weighted by Gasteiger charge is -2.15. The van der Waals surface area contributed by atoms with Crippen molar-refractivity contribution in [3.8, 4) is 0 Å². The predicted molar refractivity (Wildman–Crippen MR) is 84.5 cm³/mol. The molecule has 0 aromatic heterocycles. The van der Waals surface area contributed by atoms with E-state index in [9.17, 15) is 13.6 Å². The molecule has 2 N–H and O–H groups in total. The number of hydrogen-bond acceptors (Lipinski definition) is 2. The molecule has 0 fully saturated rings. The molecule has 1 amide bonds. The molecule has 0 aliphatic carbocycles. The average Bonchev–Trinajstić information content (AvgIpc) is 2.44. The second kappa shape index (κ2) is 6.75. The van der Waals surface area contributed by atoms with E-state index >= 15 is 0 Å². The van der Waals surface area contributed by atoms with Crippen LogP contribution in [0.5, 0.6) is 0 Å². The van der Waals surface area contributed by atoms with Crippen molar-refractivity contribution in [2.24, 2.45) is 0 Å². The highest BCUT2D eigenvalue weighted by Crippen LogP contribution is 2.26. The first-order valence-corrected chi connectivity index (χ1v) is 7.07. The molecule has 0 aliphatic heterocycles. The Morgan fingerprint density at radius 2 is 1.91 bits per heavy atom. The summed E-state index contributed by atoms with van der Waals surface area (Å²) in [4.78, 5) is 12.3. The average molecular weight is 325 g/mol. The second-order valence-electron chi connectivity index (χ2n) is 5.04. The maximum atomic E-state index is 13.7. The zero-order chi connectivity index (χ0) is 16.3. The Balaban J connectivity index is 2.35. The summed E-state index contributed by atoms with van der Waals surface area (Å²) in [7, 11) is 0. The van der Waals surface area contributed by atoms with Gasteiger partial charge in [0.15, 0.2) is 0 Å². The van der Waals surface area contributed by atoms with Gasteiger partial charge in [0, 0.05) is 11.7 Å². The molecule has 0 saturated heterocycles. The SMILES string of the molecule is CC(C)Nc1ccc(F)cc1C(=O)Nc1c(F)cccc1Cl. The maximum Gasteiger partial charge on any atom is 0.257 e. The first-order valence-electron chi connectivity index (χ1n) is 6.70. The number of halogens is 3. The van der Waals surface area contributed by atoms with Crippen LogP contribution in [0.1, 0.15) is 24.2 Å². The van der Waals surface area contributed by atoms with Crippen molar-refractivity contribution in [2.45, 2.75) is 19.9 Å². The van der Waals surface area contributed by atoms with E-state index < -0.39 is 17.5 Å². The van der Waals surface area contributed by atoms with Crippen molar-refractivity contribution in [1.82, 2.24) is 0 Å². The zero-order valence-corrected chi connectivity index (χ0v) is 12.8. The van der Waals surface area contributed by atoms with E-state index in [0.29, 0.717) is 5.69 Å². The van der Waals surface area contributed by atoms with Crippen LogP contribution in [0.4, 0.5) is 20.2 Å². The Morgan fingerprint density at radius 1 is 1.18 bits per heavy atom. The van der Waals surface area contributed by atoms with Crippen molar-refractivity contribution in [1.29, 1.82) is 0 Å². The van der Waals surface area contributed by atoms with Crippen LogP contribution in [-0.2, 0) is 0 Å². The monoisotopic (exact) mass is 324 g/mol. The van der Waals surface area contributed by atoms with Gasteiger partial charge in [-0.05, 0) is 44.2 Å². The summed E-state index contributed by atoms with van der Waals surface area (Å²) in [6.45, 7) is 3.78. The Hall–Kier alpha value is -2.14. The molecule has 0 radical (unpaired) electrons. The summed E-state index contributed by atoms with van der Waals surface area (Å²) in [5.41, 5.74) is 0.406. The largest absolute Gasteiger partial charge is 0.382 e. The molecule has 0 atom stereocenters. The quantitative estimate of drug-likeness (QED) is 0.856. The Labute approximate surface area is 132 Å². The van der Waals surface area contributed by atoms with E-state index in [1.54, 1.807) is 0 Å². The molecular formula is C16H15ClF2N2O. The van der Waals surface area contributed by atoms with E-state index in [4.69, 9.17) is 11.6 Å². The first kappa shape index (κ1) is 16.2. The molecule has 2 aromatic rings. The van der Waals surface area contributed by atoms with Crippen LogP contribution in [-0.4, -0.2) is 11.9 Å². The van der Waals surface area contributed by atoms with Crippen LogP contribution >= 0.6 is 11.6 Å². The van der Waals surface area contributed by atoms with Crippen molar-refractivity contribution in [3.05, 3.63) is 58.6 Å². The number of carbonyl (C=O) groups is 1. The number of benzene rings is 2. The van der Waals surface area contributed by atoms with Gasteiger partial charge in [-0.25, -0.2) is 8.78 Å². The minimum absolute atomic E-state index is 0.0501. The minimum Gasteiger partial charge on any atom is -0.382 e. The number of nitrogens with one attached hydrogen (secondary N) is 2. The molecule has 0 saturated carbocycles. The fourth-order valence-electron chi connectivity index (χ4n) is 1.94. The van der Waals surface area contributed by atoms with Gasteiger partial charge in [-0.2, -0.15) is 0 Å². The lowest BCUT2D eigenvalue weighted by molar-refractivity contribution is 0.102. The van der Waals surface area contributed by atoms with E-state index in [1.165, 1.54) is 30.3 Å². The molecule has 0 bridgehead atoms. The molecule has 3 nitrogen and oxygen atoms in total. The van der Waals surface area contributed by atoms with E-state index in [2.05, 4.69) is 10.6 Å². The van der Waals surface area contributed by atoms with Gasteiger partial charge >= 0.3 is 0 Å². The Bertz CT molecular complexity index is 684. The topological polar surface area (TPSA) is 41.1 Å². The zero-order valence-electron chi connectivity index (χ0n) is 12.1. The fourth-order valence-corrected chi connectivity index (χ4v) is 2.15. The van der Waals surface area contributed by atoms with Gasteiger partial charge in [0.25, 0.3) is 5.91 Å². The number of carbonyl (C=O) groups excluding carboxylic acids is 1. The highest BCUT2D eigenvalue weighted by Gasteiger charge is 2.16. The Kier molecular flexibility index (Phi) is 4.98. The highest BCUT2D eigenvalue weighted by atomic mass is 35.5. The third-order valence-corrected chi connectivity index (χ3v) is 3.19. The van der Waals surface area contributed by atoms with Gasteiger partial charge < -0.3 is 10.6 Å².